The molecule has 2 rings (SSSR count). The minimum atomic E-state index is -0.777. The largest absolute Gasteiger partial charge is 0.486 e. The molecule has 0 radical (unpaired) electrons. The maximum absolute atomic E-state index is 14.3. The Labute approximate surface area is 138 Å². The predicted molar refractivity (Wildman–Crippen MR) is 86.5 cm³/mol. The number of nitrogens with two attached hydrogens (primary N) is 1. The fourth-order valence-electron chi connectivity index (χ4n) is 1.95. The highest BCUT2D eigenvalue weighted by molar-refractivity contribution is 5.98. The lowest BCUT2D eigenvalue weighted by molar-refractivity contribution is 0.0951. The summed E-state index contributed by atoms with van der Waals surface area (Å²) in [5.74, 6) is -2.02. The van der Waals surface area contributed by atoms with Crippen LogP contribution in [0.5, 0.6) is 5.75 Å². The van der Waals surface area contributed by atoms with Crippen LogP contribution in [0.25, 0.3) is 0 Å². The molecule has 0 saturated carbocycles. The van der Waals surface area contributed by atoms with Crippen molar-refractivity contribution in [1.82, 2.24) is 10.3 Å². The first-order valence-corrected chi connectivity index (χ1v) is 7.24. The second kappa shape index (κ2) is 8.05. The third kappa shape index (κ3) is 4.28. The van der Waals surface area contributed by atoms with Gasteiger partial charge in [-0.15, -0.1) is 0 Å². The van der Waals surface area contributed by atoms with E-state index in [-0.39, 0.29) is 35.8 Å². The summed E-state index contributed by atoms with van der Waals surface area (Å²) >= 11 is 0. The van der Waals surface area contributed by atoms with Crippen molar-refractivity contribution < 1.29 is 18.3 Å². The molecule has 0 aliphatic carbocycles. The monoisotopic (exact) mass is 333 g/mol. The standard InChI is InChI=1S/C17H17F2N3O2/c1-2-3-9-24-13-6-4-5-11(15(13)19)10-21-17(23)12-7-8-14(18)22-16(12)20/h2-8H,9-10H2,1H3,(H2,20,22)(H,21,23). The fraction of sp³-hybridized carbons (Fsp3) is 0.176. The molecule has 0 unspecified atom stereocenters. The van der Waals surface area contributed by atoms with Gasteiger partial charge in [-0.1, -0.05) is 24.3 Å². The van der Waals surface area contributed by atoms with Crippen LogP contribution in [0.1, 0.15) is 22.8 Å². The van der Waals surface area contributed by atoms with Gasteiger partial charge in [-0.25, -0.2) is 9.37 Å². The van der Waals surface area contributed by atoms with Crippen molar-refractivity contribution in [3.8, 4) is 5.75 Å². The first-order chi connectivity index (χ1) is 11.5. The summed E-state index contributed by atoms with van der Waals surface area (Å²) in [6, 6.07) is 6.92. The number of anilines is 1. The minimum Gasteiger partial charge on any atom is -0.486 e. The molecule has 2 aromatic rings. The molecular formula is C17H17F2N3O2. The first-order valence-electron chi connectivity index (χ1n) is 7.24. The molecule has 5 nitrogen and oxygen atoms in total. The van der Waals surface area contributed by atoms with Gasteiger partial charge in [0, 0.05) is 12.1 Å². The van der Waals surface area contributed by atoms with E-state index in [0.717, 1.165) is 6.07 Å². The lowest BCUT2D eigenvalue weighted by Crippen LogP contribution is -2.24. The van der Waals surface area contributed by atoms with E-state index in [2.05, 4.69) is 10.3 Å². The van der Waals surface area contributed by atoms with Crippen LogP contribution < -0.4 is 15.8 Å². The van der Waals surface area contributed by atoms with Crippen LogP contribution in [0.4, 0.5) is 14.6 Å². The Hall–Kier alpha value is -2.96. The summed E-state index contributed by atoms with van der Waals surface area (Å²) in [5.41, 5.74) is 5.79. The molecule has 0 spiro atoms. The Balaban J connectivity index is 2.06. The van der Waals surface area contributed by atoms with E-state index in [1.807, 2.05) is 6.92 Å². The maximum Gasteiger partial charge on any atom is 0.255 e. The number of aromatic nitrogens is 1. The molecule has 0 bridgehead atoms. The van der Waals surface area contributed by atoms with Crippen molar-refractivity contribution in [2.45, 2.75) is 13.5 Å². The predicted octanol–water partition coefficient (Wildman–Crippen LogP) is 2.83. The van der Waals surface area contributed by atoms with Gasteiger partial charge in [0.1, 0.15) is 12.4 Å². The van der Waals surface area contributed by atoms with Gasteiger partial charge in [-0.05, 0) is 25.1 Å². The third-order valence-corrected chi connectivity index (χ3v) is 3.19. The molecule has 3 N–H and O–H groups in total. The number of hydrogen-bond acceptors (Lipinski definition) is 4. The van der Waals surface area contributed by atoms with Crippen LogP contribution in [-0.4, -0.2) is 17.5 Å². The molecule has 24 heavy (non-hydrogen) atoms. The van der Waals surface area contributed by atoms with E-state index < -0.39 is 17.7 Å². The van der Waals surface area contributed by atoms with Gasteiger partial charge in [-0.3, -0.25) is 4.79 Å². The number of pyridine rings is 1. The Bertz CT molecular complexity index is 763. The van der Waals surface area contributed by atoms with Crippen molar-refractivity contribution in [3.05, 3.63) is 65.4 Å². The number of hydrogen-bond donors (Lipinski definition) is 2. The van der Waals surface area contributed by atoms with Crippen LogP contribution in [0.2, 0.25) is 0 Å². The Morgan fingerprint density at radius 2 is 2.12 bits per heavy atom. The number of nitrogens with one attached hydrogen (secondary N) is 1. The van der Waals surface area contributed by atoms with E-state index in [0.29, 0.717) is 0 Å². The molecule has 0 fully saturated rings. The van der Waals surface area contributed by atoms with Crippen LogP contribution in [0.3, 0.4) is 0 Å². The highest BCUT2D eigenvalue weighted by Gasteiger charge is 2.14. The molecule has 126 valence electrons. The second-order valence-corrected chi connectivity index (χ2v) is 4.86. The first kappa shape index (κ1) is 17.4. The number of ether oxygens (including phenoxy) is 1. The number of halogens is 2. The maximum atomic E-state index is 14.3. The molecule has 1 heterocycles. The number of nitrogens with zero attached hydrogens (tertiary/aromatic N) is 1. The van der Waals surface area contributed by atoms with Crippen LogP contribution in [0, 0.1) is 11.8 Å². The second-order valence-electron chi connectivity index (χ2n) is 4.86. The van der Waals surface area contributed by atoms with Gasteiger partial charge < -0.3 is 15.8 Å². The molecule has 0 aliphatic heterocycles. The highest BCUT2D eigenvalue weighted by Crippen LogP contribution is 2.20. The Morgan fingerprint density at radius 1 is 1.33 bits per heavy atom. The molecular weight excluding hydrogens is 316 g/mol. The summed E-state index contributed by atoms with van der Waals surface area (Å²) in [5, 5.41) is 2.52. The number of carbonyl (C=O) groups is 1. The van der Waals surface area contributed by atoms with Crippen LogP contribution in [0.15, 0.2) is 42.5 Å². The zero-order chi connectivity index (χ0) is 17.5. The number of carbonyl (C=O) groups excluding carboxylic acids is 1. The molecule has 0 aliphatic rings. The molecule has 0 atom stereocenters. The zero-order valence-corrected chi connectivity index (χ0v) is 13.1. The quantitative estimate of drug-likeness (QED) is 0.629. The SMILES string of the molecule is CC=CCOc1cccc(CNC(=O)c2ccc(F)nc2N)c1F. The summed E-state index contributed by atoms with van der Waals surface area (Å²) in [6.07, 6.45) is 3.54. The summed E-state index contributed by atoms with van der Waals surface area (Å²) in [7, 11) is 0. The summed E-state index contributed by atoms with van der Waals surface area (Å²) in [4.78, 5) is 15.4. The van der Waals surface area contributed by atoms with Gasteiger partial charge in [0.05, 0.1) is 5.56 Å². The van der Waals surface area contributed by atoms with Gasteiger partial charge in [0.2, 0.25) is 5.95 Å². The van der Waals surface area contributed by atoms with Gasteiger partial charge in [0.25, 0.3) is 5.91 Å². The van der Waals surface area contributed by atoms with Crippen molar-refractivity contribution in [2.75, 3.05) is 12.3 Å². The van der Waals surface area contributed by atoms with E-state index in [1.54, 1.807) is 18.2 Å². The number of benzene rings is 1. The number of nitrogen functional groups attached to an aromatic ring is 1. The topological polar surface area (TPSA) is 77.2 Å². The van der Waals surface area contributed by atoms with Crippen LogP contribution >= 0.6 is 0 Å². The number of amides is 1. The van der Waals surface area contributed by atoms with E-state index in [9.17, 15) is 13.6 Å². The molecule has 1 aromatic heterocycles. The molecule has 1 amide bonds. The third-order valence-electron chi connectivity index (χ3n) is 3.19. The highest BCUT2D eigenvalue weighted by atomic mass is 19.1. The fourth-order valence-corrected chi connectivity index (χ4v) is 1.95. The van der Waals surface area contributed by atoms with Gasteiger partial charge in [0.15, 0.2) is 11.6 Å². The van der Waals surface area contributed by atoms with Crippen LogP contribution in [-0.2, 0) is 6.54 Å². The minimum absolute atomic E-state index is 0.0253. The van der Waals surface area contributed by atoms with Gasteiger partial charge >= 0.3 is 0 Å². The van der Waals surface area contributed by atoms with E-state index >= 15 is 0 Å². The van der Waals surface area contributed by atoms with Crippen molar-refractivity contribution in [1.29, 1.82) is 0 Å². The average Bonchev–Trinajstić information content (AvgIpc) is 2.55. The lowest BCUT2D eigenvalue weighted by Gasteiger charge is -2.10. The van der Waals surface area contributed by atoms with Gasteiger partial charge in [-0.2, -0.15) is 4.39 Å². The molecule has 1 aromatic carbocycles. The molecule has 0 saturated heterocycles. The van der Waals surface area contributed by atoms with E-state index in [4.69, 9.17) is 10.5 Å². The smallest absolute Gasteiger partial charge is 0.255 e. The number of allylic oxidation sites excluding steroid dienone is 1. The normalized spacial score (nSPS) is 10.8. The Kier molecular flexibility index (Phi) is 5.83. The van der Waals surface area contributed by atoms with Crippen molar-refractivity contribution in [2.24, 2.45) is 0 Å². The number of rotatable bonds is 6. The summed E-state index contributed by atoms with van der Waals surface area (Å²) < 4.78 is 32.5. The summed E-state index contributed by atoms with van der Waals surface area (Å²) in [6.45, 7) is 2.02. The average molecular weight is 333 g/mol. The van der Waals surface area contributed by atoms with E-state index in [1.165, 1.54) is 18.2 Å². The Morgan fingerprint density at radius 3 is 2.83 bits per heavy atom. The van der Waals surface area contributed by atoms with Crippen molar-refractivity contribution >= 4 is 11.7 Å². The molecule has 7 heteroatoms. The lowest BCUT2D eigenvalue weighted by atomic mass is 10.2. The zero-order valence-electron chi connectivity index (χ0n) is 13.1. The van der Waals surface area contributed by atoms with Crippen molar-refractivity contribution in [3.63, 3.8) is 0 Å².